The Morgan fingerprint density at radius 3 is 2.24 bits per heavy atom. The molecule has 1 aromatic heterocycles. The predicted octanol–water partition coefficient (Wildman–Crippen LogP) is -2.56. The standard InChI is InChI=1S/C19H31N7O7/c20-6-2-1-3-12(21)17(31)25-13(4-5-15(27)28)19(33)26-14(7-11-8-22-10-24-11)18(32)23-9-16(29)30/h8,10,12-14H,1-7,9,20-21H2,(H,22,24)(H,23,32)(H,25,31)(H,26,33)(H,27,28)(H,29,30). The zero-order valence-corrected chi connectivity index (χ0v) is 18.1. The molecule has 0 saturated heterocycles. The smallest absolute Gasteiger partial charge is 0.322 e. The largest absolute Gasteiger partial charge is 0.481 e. The van der Waals surface area contributed by atoms with Crippen LogP contribution in [0.5, 0.6) is 0 Å². The van der Waals surface area contributed by atoms with E-state index in [2.05, 4.69) is 25.9 Å². The molecule has 0 fully saturated rings. The summed E-state index contributed by atoms with van der Waals surface area (Å²) < 4.78 is 0. The van der Waals surface area contributed by atoms with E-state index >= 15 is 0 Å². The second-order valence-corrected chi connectivity index (χ2v) is 7.34. The van der Waals surface area contributed by atoms with Gasteiger partial charge >= 0.3 is 11.9 Å². The molecule has 10 N–H and O–H groups in total. The molecule has 1 aromatic rings. The number of aliphatic carboxylic acids is 2. The van der Waals surface area contributed by atoms with Crippen molar-refractivity contribution < 1.29 is 34.2 Å². The number of aromatic amines is 1. The second-order valence-electron chi connectivity index (χ2n) is 7.34. The summed E-state index contributed by atoms with van der Waals surface area (Å²) in [6, 6.07) is -3.40. The number of H-pyrrole nitrogens is 1. The van der Waals surface area contributed by atoms with Crippen molar-refractivity contribution in [1.29, 1.82) is 0 Å². The van der Waals surface area contributed by atoms with Crippen molar-refractivity contribution in [1.82, 2.24) is 25.9 Å². The van der Waals surface area contributed by atoms with Gasteiger partial charge in [-0.2, -0.15) is 0 Å². The SMILES string of the molecule is NCCCCC(N)C(=O)NC(CCC(=O)O)C(=O)NC(Cc1cnc[nH]1)C(=O)NCC(=O)O. The number of nitrogens with zero attached hydrogens (tertiary/aromatic N) is 1. The molecule has 14 heteroatoms. The van der Waals surface area contributed by atoms with Crippen LogP contribution in [0.2, 0.25) is 0 Å². The maximum Gasteiger partial charge on any atom is 0.322 e. The normalized spacial score (nSPS) is 13.4. The number of carboxylic acids is 2. The number of aromatic nitrogens is 2. The molecule has 0 aromatic carbocycles. The van der Waals surface area contributed by atoms with Crippen LogP contribution in [-0.2, 0) is 30.4 Å². The van der Waals surface area contributed by atoms with E-state index in [1.54, 1.807) is 0 Å². The first-order valence-corrected chi connectivity index (χ1v) is 10.4. The fraction of sp³-hybridized carbons (Fsp3) is 0.579. The predicted molar refractivity (Wildman–Crippen MR) is 115 cm³/mol. The molecule has 184 valence electrons. The average Bonchev–Trinajstić information content (AvgIpc) is 3.27. The number of carboxylic acid groups (broad SMARTS) is 2. The second kappa shape index (κ2) is 14.5. The first-order valence-electron chi connectivity index (χ1n) is 10.4. The number of carbonyl (C=O) groups is 5. The monoisotopic (exact) mass is 469 g/mol. The van der Waals surface area contributed by atoms with Gasteiger partial charge in [-0.25, -0.2) is 4.98 Å². The van der Waals surface area contributed by atoms with Crippen LogP contribution in [0.1, 0.15) is 37.8 Å². The highest BCUT2D eigenvalue weighted by molar-refractivity contribution is 5.94. The lowest BCUT2D eigenvalue weighted by Gasteiger charge is -2.23. The van der Waals surface area contributed by atoms with E-state index in [9.17, 15) is 24.0 Å². The average molecular weight is 469 g/mol. The number of hydrogen-bond acceptors (Lipinski definition) is 8. The fourth-order valence-electron chi connectivity index (χ4n) is 2.84. The van der Waals surface area contributed by atoms with Crippen LogP contribution < -0.4 is 27.4 Å². The zero-order chi connectivity index (χ0) is 24.8. The summed E-state index contributed by atoms with van der Waals surface area (Å²) in [6.45, 7) is -0.218. The molecular formula is C19H31N7O7. The first kappa shape index (κ1) is 27.5. The Kier molecular flexibility index (Phi) is 12.1. The topological polar surface area (TPSA) is 243 Å². The Morgan fingerprint density at radius 1 is 0.970 bits per heavy atom. The van der Waals surface area contributed by atoms with Crippen molar-refractivity contribution in [2.24, 2.45) is 11.5 Å². The number of amides is 3. The number of imidazole rings is 1. The summed E-state index contributed by atoms with van der Waals surface area (Å²) in [5, 5.41) is 24.8. The summed E-state index contributed by atoms with van der Waals surface area (Å²) in [7, 11) is 0. The van der Waals surface area contributed by atoms with Crippen molar-refractivity contribution in [3.8, 4) is 0 Å². The summed E-state index contributed by atoms with van der Waals surface area (Å²) in [5.41, 5.74) is 11.7. The third-order valence-corrected chi connectivity index (χ3v) is 4.61. The molecule has 3 unspecified atom stereocenters. The Hall–Kier alpha value is -3.52. The lowest BCUT2D eigenvalue weighted by Crippen LogP contribution is -2.56. The van der Waals surface area contributed by atoms with Crippen molar-refractivity contribution in [2.75, 3.05) is 13.1 Å². The van der Waals surface area contributed by atoms with Gasteiger partial charge in [-0.1, -0.05) is 6.42 Å². The number of nitrogens with one attached hydrogen (secondary N) is 4. The van der Waals surface area contributed by atoms with Crippen LogP contribution in [0.4, 0.5) is 0 Å². The molecular weight excluding hydrogens is 438 g/mol. The van der Waals surface area contributed by atoms with Crippen LogP contribution in [0.15, 0.2) is 12.5 Å². The van der Waals surface area contributed by atoms with E-state index < -0.39 is 60.8 Å². The van der Waals surface area contributed by atoms with E-state index in [-0.39, 0.29) is 12.8 Å². The third kappa shape index (κ3) is 11.1. The van der Waals surface area contributed by atoms with Crippen LogP contribution >= 0.6 is 0 Å². The van der Waals surface area contributed by atoms with Gasteiger partial charge in [-0.15, -0.1) is 0 Å². The molecule has 14 nitrogen and oxygen atoms in total. The summed E-state index contributed by atoms with van der Waals surface area (Å²) >= 11 is 0. The van der Waals surface area contributed by atoms with Gasteiger partial charge in [-0.3, -0.25) is 24.0 Å². The van der Waals surface area contributed by atoms with Gasteiger partial charge in [0.15, 0.2) is 0 Å². The minimum atomic E-state index is -1.27. The minimum absolute atomic E-state index is 0.0462. The first-order chi connectivity index (χ1) is 15.6. The van der Waals surface area contributed by atoms with E-state index in [1.807, 2.05) is 0 Å². The van der Waals surface area contributed by atoms with Gasteiger partial charge in [0.2, 0.25) is 17.7 Å². The van der Waals surface area contributed by atoms with Crippen molar-refractivity contribution in [2.45, 2.75) is 56.7 Å². The maximum atomic E-state index is 12.9. The number of hydrogen-bond donors (Lipinski definition) is 8. The molecule has 0 aliphatic carbocycles. The molecule has 3 amide bonds. The lowest BCUT2D eigenvalue weighted by molar-refractivity contribution is -0.138. The molecule has 0 saturated carbocycles. The van der Waals surface area contributed by atoms with E-state index in [1.165, 1.54) is 12.5 Å². The molecule has 0 aliphatic rings. The Labute approximate surface area is 189 Å². The molecule has 0 aliphatic heterocycles. The quantitative estimate of drug-likeness (QED) is 0.118. The van der Waals surface area contributed by atoms with Gasteiger partial charge in [0.25, 0.3) is 0 Å². The van der Waals surface area contributed by atoms with Crippen molar-refractivity contribution in [3.63, 3.8) is 0 Å². The number of carbonyl (C=O) groups excluding carboxylic acids is 3. The van der Waals surface area contributed by atoms with Gasteiger partial charge in [0.05, 0.1) is 12.4 Å². The van der Waals surface area contributed by atoms with Gasteiger partial charge < -0.3 is 42.6 Å². The summed E-state index contributed by atoms with van der Waals surface area (Å²) in [6.07, 6.45) is 3.69. The minimum Gasteiger partial charge on any atom is -0.481 e. The highest BCUT2D eigenvalue weighted by atomic mass is 16.4. The Bertz CT molecular complexity index is 800. The zero-order valence-electron chi connectivity index (χ0n) is 18.1. The van der Waals surface area contributed by atoms with Crippen molar-refractivity contribution in [3.05, 3.63) is 18.2 Å². The van der Waals surface area contributed by atoms with E-state index in [0.29, 0.717) is 31.5 Å². The van der Waals surface area contributed by atoms with Gasteiger partial charge in [-0.05, 0) is 25.8 Å². The highest BCUT2D eigenvalue weighted by Crippen LogP contribution is 2.05. The number of rotatable bonds is 16. The molecule has 3 atom stereocenters. The molecule has 0 spiro atoms. The molecule has 33 heavy (non-hydrogen) atoms. The molecule has 1 heterocycles. The Morgan fingerprint density at radius 2 is 1.67 bits per heavy atom. The van der Waals surface area contributed by atoms with Crippen LogP contribution in [0.25, 0.3) is 0 Å². The van der Waals surface area contributed by atoms with E-state index in [4.69, 9.17) is 21.7 Å². The van der Waals surface area contributed by atoms with Crippen LogP contribution in [-0.4, -0.2) is 81.1 Å². The van der Waals surface area contributed by atoms with Crippen LogP contribution in [0, 0.1) is 0 Å². The van der Waals surface area contributed by atoms with Gasteiger partial charge in [0, 0.05) is 24.7 Å². The Balaban J connectivity index is 2.90. The van der Waals surface area contributed by atoms with Gasteiger partial charge in [0.1, 0.15) is 18.6 Å². The molecule has 1 rings (SSSR count). The fourth-order valence-corrected chi connectivity index (χ4v) is 2.84. The summed E-state index contributed by atoms with van der Waals surface area (Å²) in [5.74, 6) is -4.68. The number of nitrogens with two attached hydrogens (primary N) is 2. The van der Waals surface area contributed by atoms with E-state index in [0.717, 1.165) is 0 Å². The lowest BCUT2D eigenvalue weighted by atomic mass is 10.1. The maximum absolute atomic E-state index is 12.9. The highest BCUT2D eigenvalue weighted by Gasteiger charge is 2.29. The van der Waals surface area contributed by atoms with Crippen LogP contribution in [0.3, 0.4) is 0 Å². The molecule has 0 bridgehead atoms. The third-order valence-electron chi connectivity index (χ3n) is 4.61. The molecule has 0 radical (unpaired) electrons. The summed E-state index contributed by atoms with van der Waals surface area (Å²) in [4.78, 5) is 66.0. The number of unbranched alkanes of at least 4 members (excludes halogenated alkanes) is 1. The van der Waals surface area contributed by atoms with Crippen molar-refractivity contribution >= 4 is 29.7 Å².